The average Bonchev–Trinajstić information content (AvgIpc) is 2.07. The van der Waals surface area contributed by atoms with Crippen LogP contribution < -0.4 is 0 Å². The van der Waals surface area contributed by atoms with E-state index in [0.29, 0.717) is 12.1 Å². The first-order valence-corrected chi connectivity index (χ1v) is 5.03. The van der Waals surface area contributed by atoms with Gasteiger partial charge in [0, 0.05) is 12.5 Å². The number of aliphatic hydroxyl groups is 1. The van der Waals surface area contributed by atoms with Crippen LogP contribution in [-0.2, 0) is 0 Å². The molecule has 2 nitrogen and oxygen atoms in total. The Morgan fingerprint density at radius 1 is 1.54 bits per heavy atom. The van der Waals surface area contributed by atoms with Crippen molar-refractivity contribution < 1.29 is 5.11 Å². The molecule has 0 bridgehead atoms. The maximum atomic E-state index is 9.16. The Morgan fingerprint density at radius 3 is 2.62 bits per heavy atom. The molecule has 1 aliphatic rings. The summed E-state index contributed by atoms with van der Waals surface area (Å²) in [4.78, 5) is 2.26. The molecule has 1 N–H and O–H groups in total. The van der Waals surface area contributed by atoms with Gasteiger partial charge in [-0.1, -0.05) is 12.8 Å². The Bertz CT molecular complexity index is 210. The molecule has 13 heavy (non-hydrogen) atoms. The largest absolute Gasteiger partial charge is 0.393 e. The molecule has 0 aliphatic heterocycles. The third-order valence-electron chi connectivity index (χ3n) is 2.76. The molecule has 0 aromatic rings. The van der Waals surface area contributed by atoms with Gasteiger partial charge in [-0.05, 0) is 26.8 Å². The molecular weight excluding hydrogens is 162 g/mol. The lowest BCUT2D eigenvalue weighted by molar-refractivity contribution is 0.00628. The maximum absolute atomic E-state index is 9.16. The first kappa shape index (κ1) is 10.6. The van der Waals surface area contributed by atoms with Crippen LogP contribution in [0.1, 0.15) is 33.1 Å². The smallest absolute Gasteiger partial charge is 0.0685 e. The summed E-state index contributed by atoms with van der Waals surface area (Å²) < 4.78 is 0. The van der Waals surface area contributed by atoms with Crippen LogP contribution >= 0.6 is 0 Å². The molecule has 1 fully saturated rings. The summed E-state index contributed by atoms with van der Waals surface area (Å²) in [5.41, 5.74) is 0. The van der Waals surface area contributed by atoms with Crippen molar-refractivity contribution in [1.82, 2.24) is 4.90 Å². The van der Waals surface area contributed by atoms with Gasteiger partial charge in [-0.15, -0.1) is 5.92 Å². The van der Waals surface area contributed by atoms with Crippen LogP contribution in [0, 0.1) is 11.8 Å². The summed E-state index contributed by atoms with van der Waals surface area (Å²) >= 11 is 0. The molecule has 0 saturated heterocycles. The minimum Gasteiger partial charge on any atom is -0.393 e. The summed E-state index contributed by atoms with van der Waals surface area (Å²) in [6.07, 6.45) is 2.67. The molecule has 1 aliphatic carbocycles. The molecule has 0 aromatic heterocycles. The molecule has 2 heteroatoms. The highest BCUT2D eigenvalue weighted by molar-refractivity contribution is 5.07. The van der Waals surface area contributed by atoms with Gasteiger partial charge in [0.15, 0.2) is 0 Å². The lowest BCUT2D eigenvalue weighted by atomic mass is 9.88. The van der Waals surface area contributed by atoms with E-state index in [1.54, 1.807) is 0 Å². The molecule has 1 unspecified atom stereocenters. The number of nitrogens with zero attached hydrogens (tertiary/aromatic N) is 1. The van der Waals surface area contributed by atoms with Crippen molar-refractivity contribution in [1.29, 1.82) is 0 Å². The van der Waals surface area contributed by atoms with Crippen molar-refractivity contribution in [2.75, 3.05) is 7.05 Å². The van der Waals surface area contributed by atoms with E-state index in [1.165, 1.54) is 0 Å². The van der Waals surface area contributed by atoms with E-state index in [4.69, 9.17) is 5.11 Å². The second kappa shape index (κ2) is 4.64. The third-order valence-corrected chi connectivity index (χ3v) is 2.76. The van der Waals surface area contributed by atoms with Gasteiger partial charge in [0.05, 0.1) is 12.1 Å². The molecule has 1 atom stereocenters. The highest BCUT2D eigenvalue weighted by atomic mass is 16.3. The van der Waals surface area contributed by atoms with Gasteiger partial charge < -0.3 is 5.11 Å². The summed E-state index contributed by atoms with van der Waals surface area (Å²) in [5.74, 6) is 6.28. The van der Waals surface area contributed by atoms with Gasteiger partial charge in [0.2, 0.25) is 0 Å². The number of aliphatic hydroxyl groups excluding tert-OH is 1. The first-order valence-electron chi connectivity index (χ1n) is 5.03. The van der Waals surface area contributed by atoms with Crippen LogP contribution in [0.25, 0.3) is 0 Å². The van der Waals surface area contributed by atoms with Crippen LogP contribution in [0.15, 0.2) is 0 Å². The quantitative estimate of drug-likeness (QED) is 0.648. The average molecular weight is 181 g/mol. The SMILES string of the molecule is CCC#CC(C)N(C)C1CC(O)C1. The number of rotatable bonds is 2. The Labute approximate surface area is 80.9 Å². The second-order valence-electron chi connectivity index (χ2n) is 3.80. The molecule has 0 amide bonds. The monoisotopic (exact) mass is 181 g/mol. The van der Waals surface area contributed by atoms with Crippen molar-refractivity contribution in [2.24, 2.45) is 0 Å². The summed E-state index contributed by atoms with van der Waals surface area (Å²) in [7, 11) is 2.09. The van der Waals surface area contributed by atoms with Gasteiger partial charge >= 0.3 is 0 Å². The highest BCUT2D eigenvalue weighted by Crippen LogP contribution is 2.25. The fourth-order valence-electron chi connectivity index (χ4n) is 1.56. The Hall–Kier alpha value is -0.520. The van der Waals surface area contributed by atoms with Crippen LogP contribution in [0.2, 0.25) is 0 Å². The number of hydrogen-bond donors (Lipinski definition) is 1. The summed E-state index contributed by atoms with van der Waals surface area (Å²) in [6.45, 7) is 4.18. The standard InChI is InChI=1S/C11H19NO/c1-4-5-6-9(2)12(3)10-7-11(13)8-10/h9-11,13H,4,7-8H2,1-3H3. The zero-order chi connectivity index (χ0) is 9.84. The predicted octanol–water partition coefficient (Wildman–Crippen LogP) is 1.24. The zero-order valence-electron chi connectivity index (χ0n) is 8.75. The van der Waals surface area contributed by atoms with Crippen molar-refractivity contribution in [3.63, 3.8) is 0 Å². The highest BCUT2D eigenvalue weighted by Gasteiger charge is 2.31. The van der Waals surface area contributed by atoms with E-state index < -0.39 is 0 Å². The van der Waals surface area contributed by atoms with E-state index >= 15 is 0 Å². The van der Waals surface area contributed by atoms with Crippen LogP contribution in [0.4, 0.5) is 0 Å². The van der Waals surface area contributed by atoms with Crippen molar-refractivity contribution >= 4 is 0 Å². The van der Waals surface area contributed by atoms with Crippen LogP contribution in [0.5, 0.6) is 0 Å². The van der Waals surface area contributed by atoms with Gasteiger partial charge in [-0.3, -0.25) is 4.90 Å². The topological polar surface area (TPSA) is 23.5 Å². The van der Waals surface area contributed by atoms with E-state index in [1.807, 2.05) is 0 Å². The lowest BCUT2D eigenvalue weighted by Crippen LogP contribution is -2.48. The van der Waals surface area contributed by atoms with Gasteiger partial charge in [0.25, 0.3) is 0 Å². The van der Waals surface area contributed by atoms with Gasteiger partial charge in [-0.2, -0.15) is 0 Å². The molecule has 74 valence electrons. The minimum absolute atomic E-state index is 0.0706. The van der Waals surface area contributed by atoms with Crippen molar-refractivity contribution in [2.45, 2.75) is 51.3 Å². The lowest BCUT2D eigenvalue weighted by Gasteiger charge is -2.40. The maximum Gasteiger partial charge on any atom is 0.0685 e. The fraction of sp³-hybridized carbons (Fsp3) is 0.818. The summed E-state index contributed by atoms with van der Waals surface area (Å²) in [6, 6.07) is 0.855. The predicted molar refractivity (Wildman–Crippen MR) is 54.3 cm³/mol. The molecular formula is C11H19NO. The van der Waals surface area contributed by atoms with E-state index in [0.717, 1.165) is 19.3 Å². The third kappa shape index (κ3) is 2.72. The van der Waals surface area contributed by atoms with E-state index in [9.17, 15) is 0 Å². The number of hydrogen-bond acceptors (Lipinski definition) is 2. The van der Waals surface area contributed by atoms with E-state index in [2.05, 4.69) is 37.6 Å². The van der Waals surface area contributed by atoms with Crippen LogP contribution in [-0.4, -0.2) is 35.2 Å². The molecule has 0 radical (unpaired) electrons. The molecule has 1 rings (SSSR count). The summed E-state index contributed by atoms with van der Waals surface area (Å²) in [5, 5.41) is 9.16. The van der Waals surface area contributed by atoms with Gasteiger partial charge in [0.1, 0.15) is 0 Å². The molecule has 0 aromatic carbocycles. The first-order chi connectivity index (χ1) is 6.15. The van der Waals surface area contributed by atoms with Gasteiger partial charge in [-0.25, -0.2) is 0 Å². The molecule has 1 saturated carbocycles. The van der Waals surface area contributed by atoms with Crippen molar-refractivity contribution in [3.8, 4) is 11.8 Å². The second-order valence-corrected chi connectivity index (χ2v) is 3.80. The Kier molecular flexibility index (Phi) is 3.77. The van der Waals surface area contributed by atoms with Crippen LogP contribution in [0.3, 0.4) is 0 Å². The molecule has 0 heterocycles. The van der Waals surface area contributed by atoms with Crippen molar-refractivity contribution in [3.05, 3.63) is 0 Å². The minimum atomic E-state index is -0.0706. The Morgan fingerprint density at radius 2 is 2.15 bits per heavy atom. The molecule has 0 spiro atoms. The fourth-order valence-corrected chi connectivity index (χ4v) is 1.56. The Balaban J connectivity index is 2.34. The zero-order valence-corrected chi connectivity index (χ0v) is 8.75. The van der Waals surface area contributed by atoms with E-state index in [-0.39, 0.29) is 6.10 Å². The normalized spacial score (nSPS) is 29.0.